The van der Waals surface area contributed by atoms with Crippen LogP contribution < -0.4 is 4.74 Å². The van der Waals surface area contributed by atoms with E-state index in [0.29, 0.717) is 54.8 Å². The lowest BCUT2D eigenvalue weighted by Gasteiger charge is -2.34. The summed E-state index contributed by atoms with van der Waals surface area (Å²) >= 11 is 12.5. The molecule has 2 aromatic carbocycles. The lowest BCUT2D eigenvalue weighted by atomic mass is 9.93. The largest absolute Gasteiger partial charge is 0.415 e. The normalized spacial score (nSPS) is 22.5. The van der Waals surface area contributed by atoms with Gasteiger partial charge in [-0.15, -0.1) is 0 Å². The smallest absolute Gasteiger partial charge is 0.410 e. The molecule has 5 rings (SSSR count). The number of piperidine rings is 1. The van der Waals surface area contributed by atoms with E-state index in [2.05, 4.69) is 0 Å². The number of carbonyl (C=O) groups excluding carboxylic acids is 3. The van der Waals surface area contributed by atoms with Crippen molar-refractivity contribution in [3.05, 3.63) is 63.6 Å². The van der Waals surface area contributed by atoms with Crippen LogP contribution in [0.2, 0.25) is 10.0 Å². The molecule has 208 valence electrons. The molecule has 2 heterocycles. The van der Waals surface area contributed by atoms with E-state index < -0.39 is 6.09 Å². The van der Waals surface area contributed by atoms with Crippen LogP contribution in [-0.2, 0) is 9.59 Å². The van der Waals surface area contributed by atoms with E-state index in [4.69, 9.17) is 27.9 Å². The van der Waals surface area contributed by atoms with Gasteiger partial charge in [0.2, 0.25) is 11.8 Å². The zero-order chi connectivity index (χ0) is 27.9. The van der Waals surface area contributed by atoms with Crippen LogP contribution in [0.5, 0.6) is 5.75 Å². The van der Waals surface area contributed by atoms with E-state index in [0.717, 1.165) is 24.0 Å². The SMILES string of the molecule is Cc1ccc(OC(=O)N(C)[C@@H]2CN(C(=O)C3CCN(C(=O)C4(C)CC4)CC3)C[C@H]2c2ccc(Cl)c(Cl)c2)cc1. The van der Waals surface area contributed by atoms with Crippen molar-refractivity contribution < 1.29 is 19.1 Å². The summed E-state index contributed by atoms with van der Waals surface area (Å²) in [5.41, 5.74) is 1.80. The topological polar surface area (TPSA) is 70.2 Å². The molecule has 0 unspecified atom stereocenters. The summed E-state index contributed by atoms with van der Waals surface area (Å²) in [4.78, 5) is 45.0. The van der Waals surface area contributed by atoms with E-state index in [9.17, 15) is 14.4 Å². The average Bonchev–Trinajstić information content (AvgIpc) is 3.53. The number of amides is 3. The highest BCUT2D eigenvalue weighted by Gasteiger charge is 2.48. The summed E-state index contributed by atoms with van der Waals surface area (Å²) in [5, 5.41) is 0.889. The second kappa shape index (κ2) is 11.0. The molecule has 1 aliphatic carbocycles. The summed E-state index contributed by atoms with van der Waals surface area (Å²) in [5.74, 6) is 0.473. The predicted molar refractivity (Wildman–Crippen MR) is 151 cm³/mol. The lowest BCUT2D eigenvalue weighted by Crippen LogP contribution is -2.46. The molecule has 9 heteroatoms. The lowest BCUT2D eigenvalue weighted by molar-refractivity contribution is -0.142. The summed E-state index contributed by atoms with van der Waals surface area (Å²) in [6.07, 6.45) is 2.74. The van der Waals surface area contributed by atoms with Gasteiger partial charge in [-0.3, -0.25) is 9.59 Å². The summed E-state index contributed by atoms with van der Waals surface area (Å²) in [7, 11) is 1.71. The van der Waals surface area contributed by atoms with Crippen LogP contribution in [0.4, 0.5) is 4.79 Å². The molecular weight excluding hydrogens is 537 g/mol. The van der Waals surface area contributed by atoms with Crippen molar-refractivity contribution in [3.8, 4) is 5.75 Å². The minimum absolute atomic E-state index is 0.0765. The fourth-order valence-corrected chi connectivity index (χ4v) is 6.02. The summed E-state index contributed by atoms with van der Waals surface area (Å²) in [6, 6.07) is 12.5. The second-order valence-electron chi connectivity index (χ2n) is 11.5. The van der Waals surface area contributed by atoms with Crippen molar-refractivity contribution in [1.29, 1.82) is 0 Å². The van der Waals surface area contributed by atoms with Crippen LogP contribution in [0.15, 0.2) is 42.5 Å². The Kier molecular flexibility index (Phi) is 7.84. The Labute approximate surface area is 240 Å². The number of likely N-dealkylation sites (N-methyl/N-ethyl adjacent to an activating group) is 1. The first-order valence-electron chi connectivity index (χ1n) is 13.6. The van der Waals surface area contributed by atoms with Gasteiger partial charge >= 0.3 is 6.09 Å². The molecule has 1 saturated carbocycles. The molecule has 0 spiro atoms. The molecule has 0 aromatic heterocycles. The van der Waals surface area contributed by atoms with Gasteiger partial charge in [0.05, 0.1) is 16.1 Å². The minimum Gasteiger partial charge on any atom is -0.410 e. The van der Waals surface area contributed by atoms with Crippen LogP contribution in [0.1, 0.15) is 49.7 Å². The number of carbonyl (C=O) groups is 3. The molecular formula is C30H35Cl2N3O4. The van der Waals surface area contributed by atoms with Crippen LogP contribution in [-0.4, -0.2) is 71.9 Å². The third-order valence-corrected chi connectivity index (χ3v) is 9.37. The molecule has 0 bridgehead atoms. The fourth-order valence-electron chi connectivity index (χ4n) is 5.71. The molecule has 7 nitrogen and oxygen atoms in total. The van der Waals surface area contributed by atoms with Crippen LogP contribution in [0.3, 0.4) is 0 Å². The third-order valence-electron chi connectivity index (χ3n) is 8.63. The van der Waals surface area contributed by atoms with Gasteiger partial charge in [0.1, 0.15) is 5.75 Å². The van der Waals surface area contributed by atoms with E-state index >= 15 is 0 Å². The number of benzene rings is 2. The summed E-state index contributed by atoms with van der Waals surface area (Å²) < 4.78 is 5.65. The van der Waals surface area contributed by atoms with Gasteiger partial charge in [-0.2, -0.15) is 0 Å². The average molecular weight is 573 g/mol. The fraction of sp³-hybridized carbons (Fsp3) is 0.500. The first kappa shape index (κ1) is 27.8. The van der Waals surface area contributed by atoms with Crippen molar-refractivity contribution >= 4 is 41.1 Å². The van der Waals surface area contributed by atoms with E-state index in [1.165, 1.54) is 0 Å². The molecule has 39 heavy (non-hydrogen) atoms. The van der Waals surface area contributed by atoms with Crippen molar-refractivity contribution in [3.63, 3.8) is 0 Å². The predicted octanol–water partition coefficient (Wildman–Crippen LogP) is 5.77. The van der Waals surface area contributed by atoms with Gasteiger partial charge in [-0.25, -0.2) is 4.79 Å². The first-order chi connectivity index (χ1) is 18.6. The van der Waals surface area contributed by atoms with Crippen LogP contribution in [0, 0.1) is 18.3 Å². The first-order valence-corrected chi connectivity index (χ1v) is 14.4. The monoisotopic (exact) mass is 571 g/mol. The van der Waals surface area contributed by atoms with Gasteiger partial charge in [0, 0.05) is 50.5 Å². The zero-order valence-electron chi connectivity index (χ0n) is 22.7. The number of likely N-dealkylation sites (tertiary alicyclic amines) is 2. The van der Waals surface area contributed by atoms with Crippen molar-refractivity contribution in [2.75, 3.05) is 33.2 Å². The van der Waals surface area contributed by atoms with Crippen molar-refractivity contribution in [1.82, 2.24) is 14.7 Å². The number of rotatable bonds is 5. The number of hydrogen-bond donors (Lipinski definition) is 0. The van der Waals surface area contributed by atoms with Crippen LogP contribution in [0.25, 0.3) is 0 Å². The Morgan fingerprint density at radius 3 is 2.23 bits per heavy atom. The van der Waals surface area contributed by atoms with E-state index in [-0.39, 0.29) is 35.1 Å². The Hall–Kier alpha value is -2.77. The standard InChI is InChI=1S/C30H35Cl2N3O4/c1-19-4-7-22(8-5-19)39-29(38)33(3)26-18-35(17-23(26)21-6-9-24(31)25(32)16-21)27(36)20-10-14-34(15-11-20)28(37)30(2)12-13-30/h4-9,16,20,23,26H,10-15,17-18H2,1-3H3/t23-,26+/m0/s1. The minimum atomic E-state index is -0.483. The maximum absolute atomic E-state index is 13.7. The Morgan fingerprint density at radius 2 is 1.62 bits per heavy atom. The Bertz CT molecular complexity index is 1260. The molecule has 3 aliphatic rings. The Balaban J connectivity index is 1.30. The highest BCUT2D eigenvalue weighted by Crippen LogP contribution is 2.47. The van der Waals surface area contributed by atoms with Crippen molar-refractivity contribution in [2.45, 2.75) is 51.5 Å². The molecule has 2 aliphatic heterocycles. The van der Waals surface area contributed by atoms with Gasteiger partial charge in [-0.05, 0) is 62.4 Å². The summed E-state index contributed by atoms with van der Waals surface area (Å²) in [6.45, 7) is 6.07. The highest BCUT2D eigenvalue weighted by molar-refractivity contribution is 6.42. The Morgan fingerprint density at radius 1 is 0.949 bits per heavy atom. The third kappa shape index (κ3) is 5.90. The number of halogens is 2. The zero-order valence-corrected chi connectivity index (χ0v) is 24.2. The molecule has 2 aromatic rings. The molecule has 0 radical (unpaired) electrons. The maximum Gasteiger partial charge on any atom is 0.415 e. The highest BCUT2D eigenvalue weighted by atomic mass is 35.5. The molecule has 0 N–H and O–H groups in total. The van der Waals surface area contributed by atoms with E-state index in [1.54, 1.807) is 30.1 Å². The van der Waals surface area contributed by atoms with Gasteiger partial charge in [-0.1, -0.05) is 53.9 Å². The van der Waals surface area contributed by atoms with Crippen molar-refractivity contribution in [2.24, 2.45) is 11.3 Å². The van der Waals surface area contributed by atoms with Crippen LogP contribution >= 0.6 is 23.2 Å². The number of nitrogens with zero attached hydrogens (tertiary/aromatic N) is 3. The molecule has 2 atom stereocenters. The molecule has 3 amide bonds. The number of aryl methyl sites for hydroxylation is 1. The maximum atomic E-state index is 13.7. The second-order valence-corrected chi connectivity index (χ2v) is 12.3. The van der Waals surface area contributed by atoms with Gasteiger partial charge < -0.3 is 19.4 Å². The number of ether oxygens (including phenoxy) is 1. The number of hydrogen-bond acceptors (Lipinski definition) is 4. The van der Waals surface area contributed by atoms with E-state index in [1.807, 2.05) is 47.9 Å². The quantitative estimate of drug-likeness (QED) is 0.457. The molecule has 3 fully saturated rings. The van der Waals surface area contributed by atoms with Gasteiger partial charge in [0.25, 0.3) is 0 Å². The molecule has 2 saturated heterocycles. The van der Waals surface area contributed by atoms with Gasteiger partial charge in [0.15, 0.2) is 0 Å².